The molecule has 2 aromatic heterocycles. The molecule has 2 heterocycles. The predicted octanol–water partition coefficient (Wildman–Crippen LogP) is 2.21. The largest absolute Gasteiger partial charge is 0.478 e. The van der Waals surface area contributed by atoms with Gasteiger partial charge in [-0.25, -0.2) is 4.79 Å². The molecule has 0 atom stereocenters. The van der Waals surface area contributed by atoms with Crippen molar-refractivity contribution in [1.82, 2.24) is 4.57 Å². The number of rotatable bonds is 3. The van der Waals surface area contributed by atoms with Crippen LogP contribution in [0.1, 0.15) is 21.8 Å². The summed E-state index contributed by atoms with van der Waals surface area (Å²) in [5.41, 5.74) is -2.35. The number of hydrogen-bond donors (Lipinski definition) is 1. The van der Waals surface area contributed by atoms with E-state index in [0.29, 0.717) is 4.57 Å². The van der Waals surface area contributed by atoms with Gasteiger partial charge in [0.25, 0.3) is 5.56 Å². The molecule has 2 rings (SSSR count). The van der Waals surface area contributed by atoms with Gasteiger partial charge in [0.2, 0.25) is 0 Å². The number of carboxylic acid groups (broad SMARTS) is 1. The maximum Gasteiger partial charge on any atom is 0.431 e. The minimum atomic E-state index is -4.73. The van der Waals surface area contributed by atoms with E-state index in [1.807, 2.05) is 0 Å². The van der Waals surface area contributed by atoms with E-state index in [1.54, 1.807) is 0 Å². The van der Waals surface area contributed by atoms with E-state index in [1.165, 1.54) is 0 Å². The fourth-order valence-electron chi connectivity index (χ4n) is 1.73. The molecule has 0 amide bonds. The lowest BCUT2D eigenvalue weighted by atomic mass is 10.2. The standard InChI is InChI=1S/C12H8F3NO4/c13-12(14,15)9-2-1-3-10(17)16(9)6-8-7(11(18)19)4-5-20-8/h1-5H,6H2,(H,18,19). The highest BCUT2D eigenvalue weighted by atomic mass is 19.4. The zero-order valence-corrected chi connectivity index (χ0v) is 9.85. The van der Waals surface area contributed by atoms with Crippen LogP contribution in [0.25, 0.3) is 0 Å². The van der Waals surface area contributed by atoms with E-state index >= 15 is 0 Å². The van der Waals surface area contributed by atoms with Gasteiger partial charge < -0.3 is 9.52 Å². The zero-order chi connectivity index (χ0) is 14.9. The monoisotopic (exact) mass is 287 g/mol. The average molecular weight is 287 g/mol. The van der Waals surface area contributed by atoms with Crippen molar-refractivity contribution in [1.29, 1.82) is 0 Å². The molecule has 20 heavy (non-hydrogen) atoms. The summed E-state index contributed by atoms with van der Waals surface area (Å²) in [4.78, 5) is 22.4. The van der Waals surface area contributed by atoms with Gasteiger partial charge in [-0.1, -0.05) is 6.07 Å². The summed E-state index contributed by atoms with van der Waals surface area (Å²) in [6, 6.07) is 3.80. The normalized spacial score (nSPS) is 11.6. The van der Waals surface area contributed by atoms with Crippen molar-refractivity contribution in [2.24, 2.45) is 0 Å². The highest BCUT2D eigenvalue weighted by molar-refractivity contribution is 5.88. The Kier molecular flexibility index (Phi) is 3.39. The third-order valence-electron chi connectivity index (χ3n) is 2.62. The van der Waals surface area contributed by atoms with E-state index in [-0.39, 0.29) is 11.3 Å². The topological polar surface area (TPSA) is 72.4 Å². The van der Waals surface area contributed by atoms with Crippen LogP contribution in [0.2, 0.25) is 0 Å². The molecule has 0 bridgehead atoms. The van der Waals surface area contributed by atoms with Gasteiger partial charge in [-0.05, 0) is 12.1 Å². The van der Waals surface area contributed by atoms with Crippen LogP contribution in [0.4, 0.5) is 13.2 Å². The van der Waals surface area contributed by atoms with Crippen LogP contribution in [0.15, 0.2) is 39.7 Å². The number of carbonyl (C=O) groups is 1. The van der Waals surface area contributed by atoms with Gasteiger partial charge in [-0.2, -0.15) is 13.2 Å². The van der Waals surface area contributed by atoms with Gasteiger partial charge in [0, 0.05) is 6.07 Å². The van der Waals surface area contributed by atoms with Gasteiger partial charge in [-0.3, -0.25) is 9.36 Å². The van der Waals surface area contributed by atoms with Crippen LogP contribution in [-0.4, -0.2) is 15.6 Å². The Bertz CT molecular complexity index is 699. The quantitative estimate of drug-likeness (QED) is 0.939. The van der Waals surface area contributed by atoms with Gasteiger partial charge in [-0.15, -0.1) is 0 Å². The van der Waals surface area contributed by atoms with Crippen LogP contribution in [0.3, 0.4) is 0 Å². The molecule has 0 fully saturated rings. The molecule has 2 aromatic rings. The smallest absolute Gasteiger partial charge is 0.431 e. The van der Waals surface area contributed by atoms with E-state index in [4.69, 9.17) is 9.52 Å². The number of pyridine rings is 1. The summed E-state index contributed by atoms with van der Waals surface area (Å²) >= 11 is 0. The number of halogens is 3. The van der Waals surface area contributed by atoms with E-state index in [0.717, 1.165) is 30.5 Å². The second-order valence-electron chi connectivity index (χ2n) is 3.90. The minimum Gasteiger partial charge on any atom is -0.478 e. The van der Waals surface area contributed by atoms with Gasteiger partial charge in [0.05, 0.1) is 12.8 Å². The number of hydrogen-bond acceptors (Lipinski definition) is 3. The Labute approximate surface area is 109 Å². The van der Waals surface area contributed by atoms with Gasteiger partial charge >= 0.3 is 12.1 Å². The molecular formula is C12H8F3NO4. The Balaban J connectivity index is 2.51. The molecule has 0 spiro atoms. The molecule has 5 nitrogen and oxygen atoms in total. The van der Waals surface area contributed by atoms with E-state index < -0.39 is 29.9 Å². The van der Waals surface area contributed by atoms with Crippen LogP contribution in [0, 0.1) is 0 Å². The number of nitrogens with zero attached hydrogens (tertiary/aromatic N) is 1. The molecule has 0 aliphatic rings. The number of alkyl halides is 3. The van der Waals surface area contributed by atoms with Crippen molar-refractivity contribution < 1.29 is 27.5 Å². The average Bonchev–Trinajstić information content (AvgIpc) is 2.78. The molecule has 0 aliphatic carbocycles. The number of furan rings is 1. The van der Waals surface area contributed by atoms with Gasteiger partial charge in [0.1, 0.15) is 17.0 Å². The van der Waals surface area contributed by atoms with Crippen molar-refractivity contribution in [3.8, 4) is 0 Å². The summed E-state index contributed by atoms with van der Waals surface area (Å²) < 4.78 is 43.7. The lowest BCUT2D eigenvalue weighted by Gasteiger charge is -2.14. The highest BCUT2D eigenvalue weighted by Crippen LogP contribution is 2.28. The summed E-state index contributed by atoms with van der Waals surface area (Å²) in [5, 5.41) is 8.86. The van der Waals surface area contributed by atoms with Crippen molar-refractivity contribution in [3.63, 3.8) is 0 Å². The molecule has 1 N–H and O–H groups in total. The molecule has 0 saturated carbocycles. The predicted molar refractivity (Wildman–Crippen MR) is 60.5 cm³/mol. The minimum absolute atomic E-state index is 0.226. The molecule has 0 unspecified atom stereocenters. The first-order valence-corrected chi connectivity index (χ1v) is 5.37. The Hall–Kier alpha value is -2.51. The number of aromatic nitrogens is 1. The third-order valence-corrected chi connectivity index (χ3v) is 2.62. The maximum atomic E-state index is 12.8. The summed E-state index contributed by atoms with van der Waals surface area (Å²) in [5.74, 6) is -1.57. The first-order chi connectivity index (χ1) is 9.30. The molecule has 8 heteroatoms. The lowest BCUT2D eigenvalue weighted by molar-refractivity contribution is -0.144. The molecule has 0 radical (unpaired) electrons. The van der Waals surface area contributed by atoms with Crippen LogP contribution >= 0.6 is 0 Å². The summed E-state index contributed by atoms with van der Waals surface area (Å²) in [6.45, 7) is -0.608. The molecule has 0 aromatic carbocycles. The number of aromatic carboxylic acids is 1. The first-order valence-electron chi connectivity index (χ1n) is 5.37. The van der Waals surface area contributed by atoms with Gasteiger partial charge in [0.15, 0.2) is 0 Å². The highest BCUT2D eigenvalue weighted by Gasteiger charge is 2.34. The molecule has 0 aliphatic heterocycles. The van der Waals surface area contributed by atoms with Crippen LogP contribution < -0.4 is 5.56 Å². The Morgan fingerprint density at radius 3 is 2.60 bits per heavy atom. The van der Waals surface area contributed by atoms with Crippen LogP contribution in [-0.2, 0) is 12.7 Å². The van der Waals surface area contributed by atoms with Crippen molar-refractivity contribution in [2.45, 2.75) is 12.7 Å². The number of carboxylic acids is 1. The zero-order valence-electron chi connectivity index (χ0n) is 9.85. The first kappa shape index (κ1) is 13.9. The summed E-state index contributed by atoms with van der Waals surface area (Å²) in [7, 11) is 0. The third kappa shape index (κ3) is 2.58. The molecule has 106 valence electrons. The second-order valence-corrected chi connectivity index (χ2v) is 3.90. The van der Waals surface area contributed by atoms with Crippen molar-refractivity contribution in [2.75, 3.05) is 0 Å². The fraction of sp³-hybridized carbons (Fsp3) is 0.167. The molecule has 0 saturated heterocycles. The molecular weight excluding hydrogens is 279 g/mol. The summed E-state index contributed by atoms with van der Waals surface area (Å²) in [6.07, 6.45) is -3.68. The Morgan fingerprint density at radius 1 is 1.30 bits per heavy atom. The van der Waals surface area contributed by atoms with E-state index in [2.05, 4.69) is 0 Å². The van der Waals surface area contributed by atoms with Crippen molar-refractivity contribution in [3.05, 3.63) is 57.9 Å². The van der Waals surface area contributed by atoms with Crippen molar-refractivity contribution >= 4 is 5.97 Å². The Morgan fingerprint density at radius 2 is 2.00 bits per heavy atom. The fourth-order valence-corrected chi connectivity index (χ4v) is 1.73. The SMILES string of the molecule is O=C(O)c1ccoc1Cn1c(C(F)(F)F)cccc1=O. The lowest BCUT2D eigenvalue weighted by Crippen LogP contribution is -2.27. The van der Waals surface area contributed by atoms with E-state index in [9.17, 15) is 22.8 Å². The van der Waals surface area contributed by atoms with Crippen LogP contribution in [0.5, 0.6) is 0 Å². The second kappa shape index (κ2) is 4.87. The maximum absolute atomic E-state index is 12.8.